The Morgan fingerprint density at radius 2 is 2.09 bits per heavy atom. The summed E-state index contributed by atoms with van der Waals surface area (Å²) in [7, 11) is 1.72. The standard InChI is InChI=1S/C24H33N3O6/c1-15(2)10-11-27(4)24(30)31-14-20-16(3)26-33-22(20)21-9-8-19(13-25-21)32-18-7-5-6-17(12-18)23(28)29/h8-9,13,15,17-18H,5-7,10-12,14H2,1-4H3,(H,28,29)/t17-,18-/m0/s1. The molecule has 0 spiro atoms. The van der Waals surface area contributed by atoms with Crippen molar-refractivity contribution in [2.75, 3.05) is 13.6 Å². The first-order valence-electron chi connectivity index (χ1n) is 11.4. The number of aromatic nitrogens is 2. The number of carboxylic acid groups (broad SMARTS) is 1. The highest BCUT2D eigenvalue weighted by Crippen LogP contribution is 2.30. The Hall–Kier alpha value is -3.10. The molecule has 2 heterocycles. The lowest BCUT2D eigenvalue weighted by atomic mass is 9.87. The molecular weight excluding hydrogens is 426 g/mol. The zero-order chi connectivity index (χ0) is 24.0. The Labute approximate surface area is 194 Å². The van der Waals surface area contributed by atoms with Crippen LogP contribution < -0.4 is 4.74 Å². The SMILES string of the molecule is Cc1noc(-c2ccc(O[C@H]3CCC[C@H](C(=O)O)C3)cn2)c1COC(=O)N(C)CCC(C)C. The molecule has 0 radical (unpaired) electrons. The molecule has 1 saturated carbocycles. The minimum Gasteiger partial charge on any atom is -0.489 e. The third-order valence-electron chi connectivity index (χ3n) is 5.93. The number of hydrogen-bond acceptors (Lipinski definition) is 7. The van der Waals surface area contributed by atoms with Gasteiger partial charge in [-0.05, 0) is 57.1 Å². The number of carbonyl (C=O) groups is 2. The van der Waals surface area contributed by atoms with Crippen LogP contribution in [0.1, 0.15) is 57.2 Å². The molecule has 180 valence electrons. The molecule has 0 unspecified atom stereocenters. The van der Waals surface area contributed by atoms with E-state index in [1.807, 2.05) is 0 Å². The molecule has 33 heavy (non-hydrogen) atoms. The van der Waals surface area contributed by atoms with Gasteiger partial charge in [0.1, 0.15) is 18.1 Å². The fourth-order valence-corrected chi connectivity index (χ4v) is 3.80. The molecule has 0 aliphatic heterocycles. The van der Waals surface area contributed by atoms with Crippen LogP contribution >= 0.6 is 0 Å². The van der Waals surface area contributed by atoms with Gasteiger partial charge >= 0.3 is 12.1 Å². The van der Waals surface area contributed by atoms with E-state index in [9.17, 15) is 14.7 Å². The van der Waals surface area contributed by atoms with E-state index in [4.69, 9.17) is 14.0 Å². The van der Waals surface area contributed by atoms with E-state index < -0.39 is 12.1 Å². The molecule has 0 aromatic carbocycles. The molecule has 2 aromatic heterocycles. The van der Waals surface area contributed by atoms with E-state index in [-0.39, 0.29) is 18.6 Å². The van der Waals surface area contributed by atoms with Crippen LogP contribution in [0, 0.1) is 18.8 Å². The molecule has 1 fully saturated rings. The topological polar surface area (TPSA) is 115 Å². The van der Waals surface area contributed by atoms with Gasteiger partial charge in [0.2, 0.25) is 0 Å². The van der Waals surface area contributed by atoms with E-state index in [2.05, 4.69) is 24.0 Å². The van der Waals surface area contributed by atoms with Gasteiger partial charge in [0, 0.05) is 13.6 Å². The summed E-state index contributed by atoms with van der Waals surface area (Å²) in [5, 5.41) is 13.3. The Kier molecular flexibility index (Phi) is 8.30. The molecule has 2 aromatic rings. The lowest BCUT2D eigenvalue weighted by Crippen LogP contribution is -2.29. The van der Waals surface area contributed by atoms with Gasteiger partial charge < -0.3 is 24.0 Å². The lowest BCUT2D eigenvalue weighted by Gasteiger charge is -2.27. The van der Waals surface area contributed by atoms with E-state index in [0.29, 0.717) is 53.8 Å². The van der Waals surface area contributed by atoms with Crippen LogP contribution in [-0.2, 0) is 16.1 Å². The number of amides is 1. The number of carboxylic acids is 1. The number of aryl methyl sites for hydroxylation is 1. The van der Waals surface area contributed by atoms with E-state index in [1.54, 1.807) is 37.2 Å². The van der Waals surface area contributed by atoms with Gasteiger partial charge in [-0.15, -0.1) is 0 Å². The van der Waals surface area contributed by atoms with Crippen LogP contribution in [0.5, 0.6) is 5.75 Å². The molecule has 9 nitrogen and oxygen atoms in total. The second kappa shape index (κ2) is 11.2. The van der Waals surface area contributed by atoms with Gasteiger partial charge in [0.05, 0.1) is 29.5 Å². The molecule has 2 atom stereocenters. The van der Waals surface area contributed by atoms with Crippen LogP contribution in [-0.4, -0.2) is 51.9 Å². The first-order valence-corrected chi connectivity index (χ1v) is 11.4. The summed E-state index contributed by atoms with van der Waals surface area (Å²) in [5.74, 6) is 0.396. The highest BCUT2D eigenvalue weighted by atomic mass is 16.6. The monoisotopic (exact) mass is 459 g/mol. The van der Waals surface area contributed by atoms with Gasteiger partial charge in [0.15, 0.2) is 5.76 Å². The highest BCUT2D eigenvalue weighted by molar-refractivity contribution is 5.70. The number of carbonyl (C=O) groups excluding carboxylic acids is 1. The van der Waals surface area contributed by atoms with Gasteiger partial charge in [-0.2, -0.15) is 0 Å². The summed E-state index contributed by atoms with van der Waals surface area (Å²) in [6, 6.07) is 3.53. The summed E-state index contributed by atoms with van der Waals surface area (Å²) >= 11 is 0. The predicted molar refractivity (Wildman–Crippen MR) is 121 cm³/mol. The van der Waals surface area contributed by atoms with Crippen LogP contribution in [0.4, 0.5) is 4.79 Å². The molecule has 0 bridgehead atoms. The van der Waals surface area contributed by atoms with Crippen molar-refractivity contribution in [3.05, 3.63) is 29.6 Å². The number of pyridine rings is 1. The van der Waals surface area contributed by atoms with Crippen molar-refractivity contribution < 1.29 is 28.7 Å². The first kappa shape index (κ1) is 24.5. The second-order valence-electron chi connectivity index (χ2n) is 9.06. The van der Waals surface area contributed by atoms with Gasteiger partial charge in [-0.25, -0.2) is 9.78 Å². The molecule has 3 rings (SSSR count). The number of aliphatic carboxylic acids is 1. The summed E-state index contributed by atoms with van der Waals surface area (Å²) in [5.41, 5.74) is 1.85. The number of ether oxygens (including phenoxy) is 2. The summed E-state index contributed by atoms with van der Waals surface area (Å²) in [4.78, 5) is 29.5. The Morgan fingerprint density at radius 3 is 2.76 bits per heavy atom. The van der Waals surface area contributed by atoms with Crippen molar-refractivity contribution in [3.63, 3.8) is 0 Å². The van der Waals surface area contributed by atoms with Crippen molar-refractivity contribution in [1.82, 2.24) is 15.0 Å². The van der Waals surface area contributed by atoms with Crippen LogP contribution in [0.15, 0.2) is 22.9 Å². The normalized spacial score (nSPS) is 18.2. The molecule has 1 amide bonds. The Morgan fingerprint density at radius 1 is 1.30 bits per heavy atom. The van der Waals surface area contributed by atoms with Crippen LogP contribution in [0.3, 0.4) is 0 Å². The molecule has 9 heteroatoms. The van der Waals surface area contributed by atoms with Crippen LogP contribution in [0.2, 0.25) is 0 Å². The zero-order valence-electron chi connectivity index (χ0n) is 19.7. The average molecular weight is 460 g/mol. The lowest BCUT2D eigenvalue weighted by molar-refractivity contribution is -0.143. The Bertz CT molecular complexity index is 940. The fourth-order valence-electron chi connectivity index (χ4n) is 3.80. The maximum absolute atomic E-state index is 12.3. The molecule has 1 N–H and O–H groups in total. The maximum atomic E-state index is 12.3. The second-order valence-corrected chi connectivity index (χ2v) is 9.06. The minimum absolute atomic E-state index is 0.0358. The van der Waals surface area contributed by atoms with Crippen molar-refractivity contribution in [2.45, 2.75) is 65.6 Å². The average Bonchev–Trinajstić information content (AvgIpc) is 3.16. The van der Waals surface area contributed by atoms with Crippen molar-refractivity contribution in [3.8, 4) is 17.2 Å². The first-order chi connectivity index (χ1) is 15.7. The molecule has 1 aliphatic carbocycles. The van der Waals surface area contributed by atoms with Gasteiger partial charge in [0.25, 0.3) is 0 Å². The molecular formula is C24H33N3O6. The number of nitrogens with zero attached hydrogens (tertiary/aromatic N) is 3. The molecule has 1 aliphatic rings. The summed E-state index contributed by atoms with van der Waals surface area (Å²) in [6.07, 6.45) is 4.81. The van der Waals surface area contributed by atoms with Crippen molar-refractivity contribution in [2.24, 2.45) is 11.8 Å². The van der Waals surface area contributed by atoms with Gasteiger partial charge in [-0.3, -0.25) is 4.79 Å². The zero-order valence-corrected chi connectivity index (χ0v) is 19.7. The van der Waals surface area contributed by atoms with E-state index in [1.165, 1.54) is 0 Å². The van der Waals surface area contributed by atoms with Crippen molar-refractivity contribution >= 4 is 12.1 Å². The van der Waals surface area contributed by atoms with E-state index in [0.717, 1.165) is 19.3 Å². The largest absolute Gasteiger partial charge is 0.489 e. The quantitative estimate of drug-likeness (QED) is 0.575. The number of hydrogen-bond donors (Lipinski definition) is 1. The van der Waals surface area contributed by atoms with E-state index >= 15 is 0 Å². The summed E-state index contributed by atoms with van der Waals surface area (Å²) < 4.78 is 16.9. The molecule has 0 saturated heterocycles. The van der Waals surface area contributed by atoms with Crippen LogP contribution in [0.25, 0.3) is 11.5 Å². The highest BCUT2D eigenvalue weighted by Gasteiger charge is 2.28. The fraction of sp³-hybridized carbons (Fsp3) is 0.583. The van der Waals surface area contributed by atoms with Gasteiger partial charge in [-0.1, -0.05) is 19.0 Å². The third-order valence-corrected chi connectivity index (χ3v) is 5.93. The van der Waals surface area contributed by atoms with Crippen molar-refractivity contribution in [1.29, 1.82) is 0 Å². The third kappa shape index (κ3) is 6.69. The number of rotatable bonds is 9. The maximum Gasteiger partial charge on any atom is 0.409 e. The minimum atomic E-state index is -0.767. The summed E-state index contributed by atoms with van der Waals surface area (Å²) in [6.45, 7) is 6.67. The Balaban J connectivity index is 1.61. The predicted octanol–water partition coefficient (Wildman–Crippen LogP) is 4.68. The smallest absolute Gasteiger partial charge is 0.409 e.